The highest BCUT2D eigenvalue weighted by atomic mass is 15.0. The molecule has 0 spiro atoms. The van der Waals surface area contributed by atoms with Gasteiger partial charge in [-0.05, 0) is 77.5 Å². The van der Waals surface area contributed by atoms with Gasteiger partial charge in [0.15, 0.2) is 17.5 Å². The number of hydrogen-bond donors (Lipinski definition) is 0. The first-order valence-corrected chi connectivity index (χ1v) is 17.6. The minimum absolute atomic E-state index is 0.634. The molecular formula is C49H31N3. The van der Waals surface area contributed by atoms with E-state index in [1.807, 2.05) is 6.07 Å². The second-order valence-electron chi connectivity index (χ2n) is 13.2. The van der Waals surface area contributed by atoms with Crippen molar-refractivity contribution >= 4 is 43.1 Å². The standard InChI is InChI=1S/C49H31N3/c1-2-13-34(14-3-1)40-18-10-11-21-44(40)48-50-47(36-25-22-33(23-26-36)38-27-24-32-12-4-5-16-37(32)30-38)51-49(52-48)46-42-20-9-7-17-39(42)31-45-41-19-8-6-15-35(41)28-29-43(45)46/h1-31H. The second-order valence-corrected chi connectivity index (χ2v) is 13.2. The summed E-state index contributed by atoms with van der Waals surface area (Å²) in [7, 11) is 0. The van der Waals surface area contributed by atoms with E-state index in [0.717, 1.165) is 49.5 Å². The van der Waals surface area contributed by atoms with E-state index in [1.54, 1.807) is 0 Å². The van der Waals surface area contributed by atoms with Gasteiger partial charge in [0.05, 0.1) is 0 Å². The molecule has 0 N–H and O–H groups in total. The van der Waals surface area contributed by atoms with Crippen LogP contribution in [0.3, 0.4) is 0 Å². The molecule has 1 aromatic heterocycles. The van der Waals surface area contributed by atoms with E-state index in [2.05, 4.69) is 182 Å². The molecular weight excluding hydrogens is 631 g/mol. The van der Waals surface area contributed by atoms with Gasteiger partial charge in [0.2, 0.25) is 0 Å². The first kappa shape index (κ1) is 29.9. The molecule has 0 saturated heterocycles. The van der Waals surface area contributed by atoms with E-state index in [0.29, 0.717) is 17.5 Å². The van der Waals surface area contributed by atoms with Crippen LogP contribution >= 0.6 is 0 Å². The molecule has 0 fully saturated rings. The minimum Gasteiger partial charge on any atom is -0.208 e. The van der Waals surface area contributed by atoms with Crippen LogP contribution in [0.4, 0.5) is 0 Å². The number of aromatic nitrogens is 3. The molecule has 0 saturated carbocycles. The molecule has 10 aromatic rings. The van der Waals surface area contributed by atoms with Crippen LogP contribution in [0, 0.1) is 0 Å². The largest absolute Gasteiger partial charge is 0.208 e. The van der Waals surface area contributed by atoms with Crippen LogP contribution < -0.4 is 0 Å². The third-order valence-electron chi connectivity index (χ3n) is 10.1. The topological polar surface area (TPSA) is 38.7 Å². The predicted octanol–water partition coefficient (Wildman–Crippen LogP) is 12.8. The molecule has 0 aliphatic carbocycles. The SMILES string of the molecule is c1ccc(-c2ccccc2-c2nc(-c3ccc(-c4ccc5ccccc5c4)cc3)nc(-c3c4ccccc4cc4c3ccc3ccccc34)n2)cc1. The fourth-order valence-corrected chi connectivity index (χ4v) is 7.53. The van der Waals surface area contributed by atoms with Crippen LogP contribution in [0.2, 0.25) is 0 Å². The summed E-state index contributed by atoms with van der Waals surface area (Å²) in [6, 6.07) is 66.4. The maximum absolute atomic E-state index is 5.34. The van der Waals surface area contributed by atoms with Crippen LogP contribution in [-0.2, 0) is 0 Å². The zero-order valence-electron chi connectivity index (χ0n) is 28.2. The quantitative estimate of drug-likeness (QED) is 0.136. The number of rotatable bonds is 5. The van der Waals surface area contributed by atoms with Gasteiger partial charge in [-0.15, -0.1) is 0 Å². The molecule has 0 aliphatic rings. The Labute approximate surface area is 301 Å². The summed E-state index contributed by atoms with van der Waals surface area (Å²) < 4.78 is 0. The Balaban J connectivity index is 1.21. The molecule has 9 aromatic carbocycles. The van der Waals surface area contributed by atoms with Crippen LogP contribution in [0.15, 0.2) is 188 Å². The van der Waals surface area contributed by atoms with Crippen LogP contribution in [0.1, 0.15) is 0 Å². The van der Waals surface area contributed by atoms with Gasteiger partial charge in [0.1, 0.15) is 0 Å². The summed E-state index contributed by atoms with van der Waals surface area (Å²) >= 11 is 0. The highest BCUT2D eigenvalue weighted by Gasteiger charge is 2.19. The summed E-state index contributed by atoms with van der Waals surface area (Å²) in [4.78, 5) is 15.9. The van der Waals surface area contributed by atoms with Gasteiger partial charge in [-0.25, -0.2) is 15.0 Å². The van der Waals surface area contributed by atoms with E-state index in [1.165, 1.54) is 32.5 Å². The minimum atomic E-state index is 0.634. The fourth-order valence-electron chi connectivity index (χ4n) is 7.53. The van der Waals surface area contributed by atoms with Gasteiger partial charge < -0.3 is 0 Å². The average Bonchev–Trinajstić information content (AvgIpc) is 3.23. The molecule has 0 aliphatic heterocycles. The van der Waals surface area contributed by atoms with E-state index in [-0.39, 0.29) is 0 Å². The highest BCUT2D eigenvalue weighted by Crippen LogP contribution is 2.40. The third kappa shape index (κ3) is 5.19. The molecule has 0 atom stereocenters. The lowest BCUT2D eigenvalue weighted by atomic mass is 9.93. The van der Waals surface area contributed by atoms with Crippen molar-refractivity contribution in [2.75, 3.05) is 0 Å². The Morgan fingerprint density at radius 3 is 1.65 bits per heavy atom. The molecule has 10 rings (SSSR count). The molecule has 3 heteroatoms. The molecule has 52 heavy (non-hydrogen) atoms. The summed E-state index contributed by atoms with van der Waals surface area (Å²) in [5, 5.41) is 9.42. The Bertz CT molecular complexity index is 2950. The summed E-state index contributed by atoms with van der Waals surface area (Å²) in [6.07, 6.45) is 0. The Morgan fingerprint density at radius 2 is 0.827 bits per heavy atom. The third-order valence-corrected chi connectivity index (χ3v) is 10.1. The van der Waals surface area contributed by atoms with Gasteiger partial charge in [0.25, 0.3) is 0 Å². The van der Waals surface area contributed by atoms with Crippen molar-refractivity contribution in [1.82, 2.24) is 15.0 Å². The second kappa shape index (κ2) is 12.4. The highest BCUT2D eigenvalue weighted by molar-refractivity contribution is 6.19. The zero-order chi connectivity index (χ0) is 34.4. The summed E-state index contributed by atoms with van der Waals surface area (Å²) in [5.41, 5.74) is 7.41. The van der Waals surface area contributed by atoms with E-state index >= 15 is 0 Å². The van der Waals surface area contributed by atoms with Crippen LogP contribution in [0.5, 0.6) is 0 Å². The number of fused-ring (bicyclic) bond motifs is 5. The predicted molar refractivity (Wildman–Crippen MR) is 217 cm³/mol. The van der Waals surface area contributed by atoms with Crippen molar-refractivity contribution < 1.29 is 0 Å². The lowest BCUT2D eigenvalue weighted by Gasteiger charge is -2.15. The van der Waals surface area contributed by atoms with E-state index in [9.17, 15) is 0 Å². The maximum atomic E-state index is 5.34. The van der Waals surface area contributed by atoms with Crippen molar-refractivity contribution in [3.63, 3.8) is 0 Å². The van der Waals surface area contributed by atoms with Crippen LogP contribution in [0.25, 0.3) is 99.5 Å². The normalized spacial score (nSPS) is 11.5. The number of benzene rings is 9. The molecule has 0 bridgehead atoms. The van der Waals surface area contributed by atoms with Crippen molar-refractivity contribution in [2.24, 2.45) is 0 Å². The fraction of sp³-hybridized carbons (Fsp3) is 0. The molecule has 1 heterocycles. The summed E-state index contributed by atoms with van der Waals surface area (Å²) in [6.45, 7) is 0. The number of hydrogen-bond acceptors (Lipinski definition) is 3. The lowest BCUT2D eigenvalue weighted by Crippen LogP contribution is -2.02. The first-order chi connectivity index (χ1) is 25.8. The molecule has 0 amide bonds. The number of nitrogens with zero attached hydrogens (tertiary/aromatic N) is 3. The molecule has 242 valence electrons. The zero-order valence-corrected chi connectivity index (χ0v) is 28.2. The van der Waals surface area contributed by atoms with Crippen molar-refractivity contribution in [2.45, 2.75) is 0 Å². The van der Waals surface area contributed by atoms with Crippen molar-refractivity contribution in [3.8, 4) is 56.4 Å². The van der Waals surface area contributed by atoms with Crippen molar-refractivity contribution in [1.29, 1.82) is 0 Å². The average molecular weight is 662 g/mol. The van der Waals surface area contributed by atoms with Gasteiger partial charge in [-0.3, -0.25) is 0 Å². The Morgan fingerprint density at radius 1 is 0.250 bits per heavy atom. The monoisotopic (exact) mass is 661 g/mol. The first-order valence-electron chi connectivity index (χ1n) is 17.6. The van der Waals surface area contributed by atoms with Gasteiger partial charge >= 0.3 is 0 Å². The van der Waals surface area contributed by atoms with Crippen LogP contribution in [-0.4, -0.2) is 15.0 Å². The maximum Gasteiger partial charge on any atom is 0.165 e. The Hall–Kier alpha value is -6.97. The van der Waals surface area contributed by atoms with Gasteiger partial charge in [-0.2, -0.15) is 0 Å². The molecule has 0 radical (unpaired) electrons. The van der Waals surface area contributed by atoms with Crippen molar-refractivity contribution in [3.05, 3.63) is 188 Å². The van der Waals surface area contributed by atoms with E-state index < -0.39 is 0 Å². The van der Waals surface area contributed by atoms with Gasteiger partial charge in [-0.1, -0.05) is 176 Å². The smallest absolute Gasteiger partial charge is 0.165 e. The Kier molecular flexibility index (Phi) is 7.14. The molecule has 3 nitrogen and oxygen atoms in total. The van der Waals surface area contributed by atoms with Gasteiger partial charge in [0, 0.05) is 16.7 Å². The molecule has 0 unspecified atom stereocenters. The summed E-state index contributed by atoms with van der Waals surface area (Å²) in [5.74, 6) is 1.92. The van der Waals surface area contributed by atoms with E-state index in [4.69, 9.17) is 15.0 Å². The lowest BCUT2D eigenvalue weighted by molar-refractivity contribution is 1.08.